The van der Waals surface area contributed by atoms with Crippen LogP contribution in [-0.4, -0.2) is 50.2 Å². The molecule has 6 heteroatoms. The molecule has 2 aromatic carbocycles. The average molecular weight is 392 g/mol. The fourth-order valence-electron chi connectivity index (χ4n) is 3.76. The van der Waals surface area contributed by atoms with Crippen molar-refractivity contribution >= 4 is 23.1 Å². The van der Waals surface area contributed by atoms with E-state index in [9.17, 15) is 10.1 Å². The van der Waals surface area contributed by atoms with Crippen molar-refractivity contribution in [3.63, 3.8) is 0 Å². The highest BCUT2D eigenvalue weighted by atomic mass is 16.2. The SMILES string of the molecule is CCN(CC)c1ccc(NC(=O)N2CCN(c3ccccc3C#N)CC2)c(C)c1. The Labute approximate surface area is 173 Å². The van der Waals surface area contributed by atoms with Gasteiger partial charge in [-0.2, -0.15) is 5.26 Å². The predicted octanol–water partition coefficient (Wildman–Crippen LogP) is 4.07. The van der Waals surface area contributed by atoms with Gasteiger partial charge in [0.15, 0.2) is 0 Å². The Hall–Kier alpha value is -3.20. The number of carbonyl (C=O) groups excluding carboxylic acids is 1. The number of rotatable bonds is 5. The molecule has 0 spiro atoms. The Bertz CT molecular complexity index is 892. The van der Waals surface area contributed by atoms with Gasteiger partial charge in [0.1, 0.15) is 6.07 Å². The van der Waals surface area contributed by atoms with E-state index in [1.165, 1.54) is 5.69 Å². The van der Waals surface area contributed by atoms with Gasteiger partial charge < -0.3 is 20.0 Å². The lowest BCUT2D eigenvalue weighted by atomic mass is 10.1. The van der Waals surface area contributed by atoms with E-state index < -0.39 is 0 Å². The number of urea groups is 1. The molecular weight excluding hydrogens is 362 g/mol. The summed E-state index contributed by atoms with van der Waals surface area (Å²) < 4.78 is 0. The van der Waals surface area contributed by atoms with Gasteiger partial charge in [-0.25, -0.2) is 4.79 Å². The Kier molecular flexibility index (Phi) is 6.61. The third-order valence-corrected chi connectivity index (χ3v) is 5.51. The summed E-state index contributed by atoms with van der Waals surface area (Å²) in [4.78, 5) is 19.0. The highest BCUT2D eigenvalue weighted by Gasteiger charge is 2.23. The van der Waals surface area contributed by atoms with Crippen molar-refractivity contribution in [3.8, 4) is 6.07 Å². The molecule has 1 fully saturated rings. The Morgan fingerprint density at radius 3 is 2.41 bits per heavy atom. The Morgan fingerprint density at radius 1 is 1.10 bits per heavy atom. The highest BCUT2D eigenvalue weighted by Crippen LogP contribution is 2.24. The van der Waals surface area contributed by atoms with Gasteiger partial charge in [-0.3, -0.25) is 0 Å². The maximum Gasteiger partial charge on any atom is 0.321 e. The number of benzene rings is 2. The minimum absolute atomic E-state index is 0.0723. The van der Waals surface area contributed by atoms with Crippen molar-refractivity contribution in [2.24, 2.45) is 0 Å². The van der Waals surface area contributed by atoms with E-state index in [2.05, 4.69) is 47.2 Å². The van der Waals surface area contributed by atoms with Gasteiger partial charge in [-0.05, 0) is 56.7 Å². The summed E-state index contributed by atoms with van der Waals surface area (Å²) in [5.74, 6) is 0. The minimum Gasteiger partial charge on any atom is -0.372 e. The molecule has 0 bridgehead atoms. The summed E-state index contributed by atoms with van der Waals surface area (Å²) in [5, 5.41) is 12.4. The molecule has 0 unspecified atom stereocenters. The predicted molar refractivity (Wildman–Crippen MR) is 119 cm³/mol. The minimum atomic E-state index is -0.0723. The normalized spacial score (nSPS) is 13.7. The molecule has 0 atom stereocenters. The van der Waals surface area contributed by atoms with Gasteiger partial charge in [-0.15, -0.1) is 0 Å². The molecular formula is C23H29N5O. The van der Waals surface area contributed by atoms with E-state index in [0.29, 0.717) is 31.7 Å². The van der Waals surface area contributed by atoms with Gasteiger partial charge in [-0.1, -0.05) is 12.1 Å². The number of carbonyl (C=O) groups is 1. The number of nitrogens with one attached hydrogen (secondary N) is 1. The summed E-state index contributed by atoms with van der Waals surface area (Å²) >= 11 is 0. The van der Waals surface area contributed by atoms with Crippen LogP contribution >= 0.6 is 0 Å². The smallest absolute Gasteiger partial charge is 0.321 e. The summed E-state index contributed by atoms with van der Waals surface area (Å²) in [7, 11) is 0. The molecule has 0 aliphatic carbocycles. The topological polar surface area (TPSA) is 62.6 Å². The monoisotopic (exact) mass is 391 g/mol. The van der Waals surface area contributed by atoms with Crippen LogP contribution < -0.4 is 15.1 Å². The fourth-order valence-corrected chi connectivity index (χ4v) is 3.76. The van der Waals surface area contributed by atoms with Crippen LogP contribution in [0.1, 0.15) is 25.0 Å². The zero-order chi connectivity index (χ0) is 20.8. The van der Waals surface area contributed by atoms with Crippen LogP contribution in [0.4, 0.5) is 21.9 Å². The molecule has 1 aliphatic heterocycles. The first kappa shape index (κ1) is 20.5. The van der Waals surface area contributed by atoms with Crippen LogP contribution in [0, 0.1) is 18.3 Å². The lowest BCUT2D eigenvalue weighted by Gasteiger charge is -2.36. The third-order valence-electron chi connectivity index (χ3n) is 5.51. The molecule has 1 heterocycles. The average Bonchev–Trinajstić information content (AvgIpc) is 2.76. The number of piperazine rings is 1. The van der Waals surface area contributed by atoms with Crippen LogP contribution in [0.3, 0.4) is 0 Å². The summed E-state index contributed by atoms with van der Waals surface area (Å²) in [6.07, 6.45) is 0. The van der Waals surface area contributed by atoms with Crippen molar-refractivity contribution in [1.29, 1.82) is 5.26 Å². The zero-order valence-electron chi connectivity index (χ0n) is 17.5. The van der Waals surface area contributed by atoms with Crippen molar-refractivity contribution in [2.75, 3.05) is 54.4 Å². The molecule has 2 aromatic rings. The van der Waals surface area contributed by atoms with Crippen molar-refractivity contribution in [3.05, 3.63) is 53.6 Å². The molecule has 0 radical (unpaired) electrons. The third kappa shape index (κ3) is 4.62. The summed E-state index contributed by atoms with van der Waals surface area (Å²) in [6, 6.07) is 16.0. The molecule has 0 saturated carbocycles. The van der Waals surface area contributed by atoms with Crippen molar-refractivity contribution < 1.29 is 4.79 Å². The first-order valence-electron chi connectivity index (χ1n) is 10.2. The Morgan fingerprint density at radius 2 is 1.79 bits per heavy atom. The second-order valence-electron chi connectivity index (χ2n) is 7.20. The molecule has 0 aromatic heterocycles. The van der Waals surface area contributed by atoms with E-state index >= 15 is 0 Å². The second-order valence-corrected chi connectivity index (χ2v) is 7.20. The molecule has 29 heavy (non-hydrogen) atoms. The number of para-hydroxylation sites is 1. The van der Waals surface area contributed by atoms with Gasteiger partial charge in [0, 0.05) is 50.6 Å². The maximum absolute atomic E-state index is 12.8. The number of nitrogens with zero attached hydrogens (tertiary/aromatic N) is 4. The first-order chi connectivity index (χ1) is 14.1. The van der Waals surface area contributed by atoms with Gasteiger partial charge in [0.25, 0.3) is 0 Å². The number of nitriles is 1. The highest BCUT2D eigenvalue weighted by molar-refractivity contribution is 5.90. The maximum atomic E-state index is 12.8. The van der Waals surface area contributed by atoms with Crippen molar-refractivity contribution in [2.45, 2.75) is 20.8 Å². The lowest BCUT2D eigenvalue weighted by Crippen LogP contribution is -2.50. The number of hydrogen-bond donors (Lipinski definition) is 1. The lowest BCUT2D eigenvalue weighted by molar-refractivity contribution is 0.208. The molecule has 2 amide bonds. The standard InChI is InChI=1S/C23H29N5O/c1-4-26(5-2)20-10-11-21(18(3)16-20)25-23(29)28-14-12-27(13-15-28)22-9-7-6-8-19(22)17-24/h6-11,16H,4-5,12-15H2,1-3H3,(H,25,29). The van der Waals surface area contributed by atoms with Crippen LogP contribution in [0.25, 0.3) is 0 Å². The van der Waals surface area contributed by atoms with Gasteiger partial charge in [0.05, 0.1) is 11.3 Å². The van der Waals surface area contributed by atoms with Gasteiger partial charge >= 0.3 is 6.03 Å². The van der Waals surface area contributed by atoms with E-state index in [4.69, 9.17) is 0 Å². The zero-order valence-corrected chi connectivity index (χ0v) is 17.5. The molecule has 1 aliphatic rings. The quantitative estimate of drug-likeness (QED) is 0.835. The van der Waals surface area contributed by atoms with E-state index in [1.54, 1.807) is 0 Å². The second kappa shape index (κ2) is 9.33. The molecule has 152 valence electrons. The van der Waals surface area contributed by atoms with Gasteiger partial charge in [0.2, 0.25) is 0 Å². The van der Waals surface area contributed by atoms with Crippen molar-refractivity contribution in [1.82, 2.24) is 4.90 Å². The number of anilines is 3. The number of hydrogen-bond acceptors (Lipinski definition) is 4. The molecule has 1 N–H and O–H groups in total. The van der Waals surface area contributed by atoms with Crippen LogP contribution in [0.15, 0.2) is 42.5 Å². The van der Waals surface area contributed by atoms with E-state index in [0.717, 1.165) is 30.0 Å². The Balaban J connectivity index is 1.61. The van der Waals surface area contributed by atoms with E-state index in [1.807, 2.05) is 42.2 Å². The molecule has 3 rings (SSSR count). The number of aryl methyl sites for hydroxylation is 1. The van der Waals surface area contributed by atoms with Crippen LogP contribution in [0.2, 0.25) is 0 Å². The molecule has 6 nitrogen and oxygen atoms in total. The molecule has 1 saturated heterocycles. The largest absolute Gasteiger partial charge is 0.372 e. The fraction of sp³-hybridized carbons (Fsp3) is 0.391. The van der Waals surface area contributed by atoms with E-state index in [-0.39, 0.29) is 6.03 Å². The number of amides is 2. The summed E-state index contributed by atoms with van der Waals surface area (Å²) in [5.41, 5.74) is 4.70. The van der Waals surface area contributed by atoms with Crippen LogP contribution in [-0.2, 0) is 0 Å². The first-order valence-corrected chi connectivity index (χ1v) is 10.2. The van der Waals surface area contributed by atoms with Crippen LogP contribution in [0.5, 0.6) is 0 Å². The summed E-state index contributed by atoms with van der Waals surface area (Å²) in [6.45, 7) is 10.9.